The van der Waals surface area contributed by atoms with Crippen molar-refractivity contribution < 1.29 is 14.3 Å². The third kappa shape index (κ3) is 5.52. The van der Waals surface area contributed by atoms with Gasteiger partial charge in [0, 0.05) is 11.3 Å². The molecule has 0 fully saturated rings. The fourth-order valence-corrected chi connectivity index (χ4v) is 3.11. The van der Waals surface area contributed by atoms with Gasteiger partial charge in [-0.1, -0.05) is 36.4 Å². The molecule has 5 nitrogen and oxygen atoms in total. The number of hydrogen-bond acceptors (Lipinski definition) is 5. The van der Waals surface area contributed by atoms with Gasteiger partial charge >= 0.3 is 5.97 Å². The summed E-state index contributed by atoms with van der Waals surface area (Å²) in [6.45, 7) is 0. The van der Waals surface area contributed by atoms with Gasteiger partial charge in [-0.15, -0.1) is 0 Å². The molecular weight excluding hydrogens is 348 g/mol. The van der Waals surface area contributed by atoms with Gasteiger partial charge in [-0.2, -0.15) is 11.8 Å². The maximum absolute atomic E-state index is 12.8. The van der Waals surface area contributed by atoms with Gasteiger partial charge in [-0.25, -0.2) is 4.79 Å². The zero-order valence-electron chi connectivity index (χ0n) is 15.0. The molecule has 2 aromatic carbocycles. The molecule has 0 spiro atoms. The number of hydrogen-bond donors (Lipinski definition) is 2. The Morgan fingerprint density at radius 1 is 1.19 bits per heavy atom. The van der Waals surface area contributed by atoms with Crippen molar-refractivity contribution in [2.45, 2.75) is 18.9 Å². The first kappa shape index (κ1) is 19.8. The lowest BCUT2D eigenvalue weighted by molar-refractivity contribution is -0.142. The fraction of sp³-hybridized carbons (Fsp3) is 0.300. The Kier molecular flexibility index (Phi) is 7.53. The predicted molar refractivity (Wildman–Crippen MR) is 106 cm³/mol. The van der Waals surface area contributed by atoms with E-state index < -0.39 is 12.0 Å². The van der Waals surface area contributed by atoms with Crippen LogP contribution in [0.25, 0.3) is 0 Å². The van der Waals surface area contributed by atoms with Gasteiger partial charge in [0.15, 0.2) is 0 Å². The number of nitrogen functional groups attached to an aromatic ring is 1. The highest BCUT2D eigenvalue weighted by Gasteiger charge is 2.23. The molecule has 0 heterocycles. The average Bonchev–Trinajstić information content (AvgIpc) is 2.66. The number of amides is 1. The molecule has 1 amide bonds. The Labute approximate surface area is 158 Å². The average molecular weight is 372 g/mol. The molecule has 0 bridgehead atoms. The number of nitrogens with two attached hydrogens (primary N) is 1. The van der Waals surface area contributed by atoms with E-state index in [4.69, 9.17) is 10.5 Å². The van der Waals surface area contributed by atoms with E-state index in [1.54, 1.807) is 23.9 Å². The summed E-state index contributed by atoms with van der Waals surface area (Å²) in [7, 11) is 1.32. The molecule has 0 radical (unpaired) electrons. The number of ether oxygens (including phenoxy) is 1. The van der Waals surface area contributed by atoms with Crippen molar-refractivity contribution in [1.82, 2.24) is 5.32 Å². The van der Waals surface area contributed by atoms with E-state index in [1.807, 2.05) is 42.7 Å². The maximum atomic E-state index is 12.8. The van der Waals surface area contributed by atoms with Crippen molar-refractivity contribution in [2.24, 2.45) is 0 Å². The molecule has 138 valence electrons. The van der Waals surface area contributed by atoms with E-state index in [0.717, 1.165) is 16.9 Å². The molecule has 0 aliphatic carbocycles. The van der Waals surface area contributed by atoms with Gasteiger partial charge < -0.3 is 15.8 Å². The largest absolute Gasteiger partial charge is 0.467 e. The standard InChI is InChI=1S/C20H24N2O3S/c1-25-20(24)18(10-11-26-2)22-19(23)17-13-16(21)9-8-15(17)12-14-6-4-3-5-7-14/h3-9,13,18H,10-12,21H2,1-2H3,(H,22,23). The molecule has 26 heavy (non-hydrogen) atoms. The maximum Gasteiger partial charge on any atom is 0.328 e. The van der Waals surface area contributed by atoms with E-state index in [-0.39, 0.29) is 5.91 Å². The molecule has 0 aliphatic heterocycles. The topological polar surface area (TPSA) is 81.4 Å². The van der Waals surface area contributed by atoms with Crippen molar-refractivity contribution in [3.05, 3.63) is 65.2 Å². The molecule has 1 atom stereocenters. The summed E-state index contributed by atoms with van der Waals surface area (Å²) in [5.74, 6) is -0.0194. The van der Waals surface area contributed by atoms with Crippen LogP contribution in [-0.4, -0.2) is 37.0 Å². The Balaban J connectivity index is 2.23. The minimum absolute atomic E-state index is 0.320. The van der Waals surface area contributed by atoms with Crippen LogP contribution >= 0.6 is 11.8 Å². The van der Waals surface area contributed by atoms with Gasteiger partial charge in [-0.05, 0) is 48.1 Å². The fourth-order valence-electron chi connectivity index (χ4n) is 2.64. The molecular formula is C20H24N2O3S. The van der Waals surface area contributed by atoms with Crippen LogP contribution in [0.4, 0.5) is 5.69 Å². The number of benzene rings is 2. The number of methoxy groups -OCH3 is 1. The van der Waals surface area contributed by atoms with Crippen LogP contribution in [0.3, 0.4) is 0 Å². The first-order valence-electron chi connectivity index (χ1n) is 8.35. The Bertz CT molecular complexity index is 750. The molecule has 6 heteroatoms. The molecule has 2 aromatic rings. The van der Waals surface area contributed by atoms with Crippen LogP contribution in [0, 0.1) is 0 Å². The molecule has 0 saturated carbocycles. The Hall–Kier alpha value is -2.47. The summed E-state index contributed by atoms with van der Waals surface area (Å²) in [6, 6.07) is 14.5. The molecule has 3 N–H and O–H groups in total. The summed E-state index contributed by atoms with van der Waals surface area (Å²) in [6.07, 6.45) is 3.07. The van der Waals surface area contributed by atoms with Crippen LogP contribution in [0.2, 0.25) is 0 Å². The third-order valence-electron chi connectivity index (χ3n) is 4.02. The summed E-state index contributed by atoms with van der Waals surface area (Å²) in [5.41, 5.74) is 8.82. The zero-order chi connectivity index (χ0) is 18.9. The summed E-state index contributed by atoms with van der Waals surface area (Å²) < 4.78 is 4.81. The highest BCUT2D eigenvalue weighted by atomic mass is 32.2. The minimum atomic E-state index is -0.675. The SMILES string of the molecule is COC(=O)C(CCSC)NC(=O)c1cc(N)ccc1Cc1ccccc1. The number of carbonyl (C=O) groups excluding carboxylic acids is 2. The normalized spacial score (nSPS) is 11.6. The monoisotopic (exact) mass is 372 g/mol. The van der Waals surface area contributed by atoms with Gasteiger partial charge in [0.25, 0.3) is 5.91 Å². The van der Waals surface area contributed by atoms with Gasteiger partial charge in [0.2, 0.25) is 0 Å². The number of anilines is 1. The van der Waals surface area contributed by atoms with Crippen molar-refractivity contribution in [1.29, 1.82) is 0 Å². The Morgan fingerprint density at radius 3 is 2.58 bits per heavy atom. The second-order valence-electron chi connectivity index (χ2n) is 5.91. The molecule has 0 aromatic heterocycles. The molecule has 1 unspecified atom stereocenters. The lowest BCUT2D eigenvalue weighted by atomic mass is 9.98. The smallest absolute Gasteiger partial charge is 0.328 e. The van der Waals surface area contributed by atoms with Crippen LogP contribution in [0.15, 0.2) is 48.5 Å². The number of nitrogens with one attached hydrogen (secondary N) is 1. The molecule has 0 aliphatic rings. The van der Waals surface area contributed by atoms with Crippen LogP contribution < -0.4 is 11.1 Å². The van der Waals surface area contributed by atoms with E-state index >= 15 is 0 Å². The summed E-state index contributed by atoms with van der Waals surface area (Å²) in [4.78, 5) is 24.8. The van der Waals surface area contributed by atoms with Crippen molar-refractivity contribution in [3.63, 3.8) is 0 Å². The van der Waals surface area contributed by atoms with Crippen LogP contribution in [0.5, 0.6) is 0 Å². The Morgan fingerprint density at radius 2 is 1.92 bits per heavy atom. The lowest BCUT2D eigenvalue weighted by Crippen LogP contribution is -2.42. The molecule has 2 rings (SSSR count). The molecule has 0 saturated heterocycles. The van der Waals surface area contributed by atoms with E-state index in [2.05, 4.69) is 5.32 Å². The minimum Gasteiger partial charge on any atom is -0.467 e. The highest BCUT2D eigenvalue weighted by molar-refractivity contribution is 7.98. The van der Waals surface area contributed by atoms with Gasteiger partial charge in [-0.3, -0.25) is 4.79 Å². The van der Waals surface area contributed by atoms with Crippen LogP contribution in [0.1, 0.15) is 27.9 Å². The van der Waals surface area contributed by atoms with E-state index in [9.17, 15) is 9.59 Å². The van der Waals surface area contributed by atoms with Gasteiger partial charge in [0.05, 0.1) is 7.11 Å². The summed E-state index contributed by atoms with van der Waals surface area (Å²) >= 11 is 1.61. The predicted octanol–water partition coefficient (Wildman–Crippen LogP) is 2.88. The van der Waals surface area contributed by atoms with E-state index in [0.29, 0.717) is 24.1 Å². The number of rotatable bonds is 8. The number of carbonyl (C=O) groups is 2. The zero-order valence-corrected chi connectivity index (χ0v) is 15.8. The number of thioether (sulfide) groups is 1. The van der Waals surface area contributed by atoms with E-state index in [1.165, 1.54) is 7.11 Å². The summed E-state index contributed by atoms with van der Waals surface area (Å²) in [5, 5.41) is 2.79. The second kappa shape index (κ2) is 9.87. The number of esters is 1. The van der Waals surface area contributed by atoms with Crippen LogP contribution in [-0.2, 0) is 16.0 Å². The van der Waals surface area contributed by atoms with Crippen molar-refractivity contribution >= 4 is 29.3 Å². The first-order chi connectivity index (χ1) is 12.5. The quantitative estimate of drug-likeness (QED) is 0.550. The third-order valence-corrected chi connectivity index (χ3v) is 4.66. The highest BCUT2D eigenvalue weighted by Crippen LogP contribution is 2.18. The van der Waals surface area contributed by atoms with Crippen molar-refractivity contribution in [3.8, 4) is 0 Å². The first-order valence-corrected chi connectivity index (χ1v) is 9.74. The van der Waals surface area contributed by atoms with Gasteiger partial charge in [0.1, 0.15) is 6.04 Å². The van der Waals surface area contributed by atoms with Crippen molar-refractivity contribution in [2.75, 3.05) is 24.9 Å². The second-order valence-corrected chi connectivity index (χ2v) is 6.90. The lowest BCUT2D eigenvalue weighted by Gasteiger charge is -2.18.